The summed E-state index contributed by atoms with van der Waals surface area (Å²) in [6, 6.07) is 3.93. The second kappa shape index (κ2) is 8.18. The smallest absolute Gasteiger partial charge is 0.261 e. The van der Waals surface area contributed by atoms with Crippen LogP contribution in [-0.2, 0) is 0 Å². The number of piperidine rings is 1. The maximum Gasteiger partial charge on any atom is 0.261 e. The summed E-state index contributed by atoms with van der Waals surface area (Å²) in [5.74, 6) is 5.83. The number of likely N-dealkylation sites (N-methyl/N-ethyl adjacent to an activating group) is 1. The lowest BCUT2D eigenvalue weighted by molar-refractivity contribution is 0.0910. The molecule has 2 rings (SSSR count). The summed E-state index contributed by atoms with van der Waals surface area (Å²) in [6.07, 6.45) is 2.66. The minimum absolute atomic E-state index is 0.00170. The molecule has 1 aliphatic heterocycles. The van der Waals surface area contributed by atoms with E-state index in [1.165, 1.54) is 11.3 Å². The number of aliphatic hydroxyl groups is 1. The molecule has 0 bridgehead atoms. The minimum Gasteiger partial charge on any atom is -0.395 e. The number of likely N-dealkylation sites (tertiary alicyclic amines) is 1. The van der Waals surface area contributed by atoms with Crippen LogP contribution in [0.3, 0.4) is 0 Å². The van der Waals surface area contributed by atoms with E-state index in [0.717, 1.165) is 37.4 Å². The standard InChI is InChI=1S/C16H22N2O2S/c1-2-18-10-5-6-13(12-18)17-16(20)15-9-8-14(21-15)7-3-4-11-19/h8-9,13,19H,2,4-6,10-12H2,1H3,(H,17,20). The highest BCUT2D eigenvalue weighted by molar-refractivity contribution is 7.14. The predicted octanol–water partition coefficient (Wildman–Crippen LogP) is 1.70. The first-order valence-electron chi connectivity index (χ1n) is 7.45. The van der Waals surface area contributed by atoms with Gasteiger partial charge in [0.1, 0.15) is 0 Å². The molecule has 1 aromatic rings. The molecule has 1 amide bonds. The van der Waals surface area contributed by atoms with E-state index >= 15 is 0 Å². The van der Waals surface area contributed by atoms with Gasteiger partial charge in [-0.3, -0.25) is 4.79 Å². The normalized spacial score (nSPS) is 18.9. The van der Waals surface area contributed by atoms with Crippen LogP contribution in [0.2, 0.25) is 0 Å². The van der Waals surface area contributed by atoms with Crippen molar-refractivity contribution in [2.75, 3.05) is 26.2 Å². The van der Waals surface area contributed by atoms with Gasteiger partial charge in [0, 0.05) is 19.0 Å². The number of carbonyl (C=O) groups excluding carboxylic acids is 1. The number of carbonyl (C=O) groups is 1. The molecule has 5 heteroatoms. The van der Waals surface area contributed by atoms with Crippen molar-refractivity contribution in [3.63, 3.8) is 0 Å². The molecule has 0 aromatic carbocycles. The van der Waals surface area contributed by atoms with Crippen molar-refractivity contribution in [1.29, 1.82) is 0 Å². The topological polar surface area (TPSA) is 52.6 Å². The van der Waals surface area contributed by atoms with Crippen LogP contribution in [0.4, 0.5) is 0 Å². The van der Waals surface area contributed by atoms with Gasteiger partial charge in [-0.2, -0.15) is 0 Å². The molecule has 1 fully saturated rings. The molecule has 0 radical (unpaired) electrons. The zero-order valence-electron chi connectivity index (χ0n) is 12.4. The number of amides is 1. The molecule has 114 valence electrons. The Morgan fingerprint density at radius 2 is 2.43 bits per heavy atom. The maximum absolute atomic E-state index is 12.2. The summed E-state index contributed by atoms with van der Waals surface area (Å²) in [7, 11) is 0. The summed E-state index contributed by atoms with van der Waals surface area (Å²) < 4.78 is 0. The number of rotatable bonds is 4. The molecular weight excluding hydrogens is 284 g/mol. The van der Waals surface area contributed by atoms with Gasteiger partial charge in [-0.05, 0) is 38.1 Å². The highest BCUT2D eigenvalue weighted by Gasteiger charge is 2.21. The first-order chi connectivity index (χ1) is 10.2. The lowest BCUT2D eigenvalue weighted by atomic mass is 10.1. The van der Waals surface area contributed by atoms with Crippen molar-refractivity contribution in [2.45, 2.75) is 32.2 Å². The van der Waals surface area contributed by atoms with Crippen molar-refractivity contribution >= 4 is 17.2 Å². The number of thiophene rings is 1. The van der Waals surface area contributed by atoms with E-state index in [-0.39, 0.29) is 18.6 Å². The Balaban J connectivity index is 1.90. The fraction of sp³-hybridized carbons (Fsp3) is 0.562. The summed E-state index contributed by atoms with van der Waals surface area (Å²) >= 11 is 1.41. The van der Waals surface area contributed by atoms with Gasteiger partial charge in [0.2, 0.25) is 0 Å². The van der Waals surface area contributed by atoms with Crippen molar-refractivity contribution in [2.24, 2.45) is 0 Å². The Kier molecular flexibility index (Phi) is 6.24. The zero-order chi connectivity index (χ0) is 15.1. The van der Waals surface area contributed by atoms with Crippen LogP contribution in [-0.4, -0.2) is 48.2 Å². The molecule has 1 atom stereocenters. The molecule has 4 nitrogen and oxygen atoms in total. The van der Waals surface area contributed by atoms with Gasteiger partial charge >= 0.3 is 0 Å². The predicted molar refractivity (Wildman–Crippen MR) is 85.5 cm³/mol. The van der Waals surface area contributed by atoms with Crippen LogP contribution >= 0.6 is 11.3 Å². The van der Waals surface area contributed by atoms with Gasteiger partial charge in [0.25, 0.3) is 5.91 Å². The quantitative estimate of drug-likeness (QED) is 0.833. The third-order valence-electron chi connectivity index (χ3n) is 3.57. The van der Waals surface area contributed by atoms with Crippen LogP contribution < -0.4 is 5.32 Å². The summed E-state index contributed by atoms with van der Waals surface area (Å²) in [6.45, 7) is 5.33. The summed E-state index contributed by atoms with van der Waals surface area (Å²) in [5.41, 5.74) is 0. The summed E-state index contributed by atoms with van der Waals surface area (Å²) in [4.78, 5) is 16.2. The minimum atomic E-state index is -0.00170. The van der Waals surface area contributed by atoms with Gasteiger partial charge in [-0.15, -0.1) is 11.3 Å². The Labute approximate surface area is 130 Å². The lowest BCUT2D eigenvalue weighted by Gasteiger charge is -2.32. The van der Waals surface area contributed by atoms with Crippen molar-refractivity contribution in [3.05, 3.63) is 21.9 Å². The molecule has 0 aliphatic carbocycles. The molecule has 1 saturated heterocycles. The number of nitrogens with one attached hydrogen (secondary N) is 1. The first-order valence-corrected chi connectivity index (χ1v) is 8.27. The van der Waals surface area contributed by atoms with E-state index in [0.29, 0.717) is 11.3 Å². The van der Waals surface area contributed by atoms with E-state index in [2.05, 4.69) is 29.0 Å². The molecule has 1 aliphatic rings. The SMILES string of the molecule is CCN1CCCC(NC(=O)c2ccc(C#CCCO)s2)C1. The van der Waals surface area contributed by atoms with E-state index < -0.39 is 0 Å². The van der Waals surface area contributed by atoms with Crippen LogP contribution in [0.25, 0.3) is 0 Å². The van der Waals surface area contributed by atoms with Crippen LogP contribution in [0.1, 0.15) is 40.7 Å². The van der Waals surface area contributed by atoms with Crippen LogP contribution in [0.15, 0.2) is 12.1 Å². The summed E-state index contributed by atoms with van der Waals surface area (Å²) in [5, 5.41) is 11.8. The van der Waals surface area contributed by atoms with Gasteiger partial charge in [0.05, 0.1) is 16.4 Å². The number of hydrogen-bond donors (Lipinski definition) is 2. The van der Waals surface area contributed by atoms with Crippen LogP contribution in [0, 0.1) is 11.8 Å². The molecule has 2 heterocycles. The third kappa shape index (κ3) is 4.85. The Morgan fingerprint density at radius 1 is 1.57 bits per heavy atom. The Bertz CT molecular complexity index is 530. The third-order valence-corrected chi connectivity index (χ3v) is 4.57. The van der Waals surface area contributed by atoms with Crippen molar-refractivity contribution in [3.8, 4) is 11.8 Å². The fourth-order valence-corrected chi connectivity index (χ4v) is 3.23. The van der Waals surface area contributed by atoms with Gasteiger partial charge in [-0.25, -0.2) is 0 Å². The van der Waals surface area contributed by atoms with Crippen molar-refractivity contribution < 1.29 is 9.90 Å². The van der Waals surface area contributed by atoms with Gasteiger partial charge in [0.15, 0.2) is 0 Å². The molecular formula is C16H22N2O2S. The molecule has 2 N–H and O–H groups in total. The first kappa shape index (κ1) is 16.0. The largest absolute Gasteiger partial charge is 0.395 e. The lowest BCUT2D eigenvalue weighted by Crippen LogP contribution is -2.47. The van der Waals surface area contributed by atoms with E-state index in [1.54, 1.807) is 0 Å². The highest BCUT2D eigenvalue weighted by atomic mass is 32.1. The Morgan fingerprint density at radius 3 is 3.19 bits per heavy atom. The second-order valence-corrected chi connectivity index (χ2v) is 6.23. The zero-order valence-corrected chi connectivity index (χ0v) is 13.2. The van der Waals surface area contributed by atoms with Gasteiger partial charge in [-0.1, -0.05) is 18.8 Å². The van der Waals surface area contributed by atoms with Crippen LogP contribution in [0.5, 0.6) is 0 Å². The fourth-order valence-electron chi connectivity index (χ4n) is 2.45. The highest BCUT2D eigenvalue weighted by Crippen LogP contribution is 2.17. The second-order valence-electron chi connectivity index (χ2n) is 5.15. The molecule has 21 heavy (non-hydrogen) atoms. The molecule has 0 saturated carbocycles. The van der Waals surface area contributed by atoms with Gasteiger partial charge < -0.3 is 15.3 Å². The van der Waals surface area contributed by atoms with E-state index in [4.69, 9.17) is 5.11 Å². The van der Waals surface area contributed by atoms with E-state index in [9.17, 15) is 4.79 Å². The Hall–Kier alpha value is -1.35. The molecule has 0 spiro atoms. The molecule has 1 aromatic heterocycles. The maximum atomic E-state index is 12.2. The molecule has 1 unspecified atom stereocenters. The number of aliphatic hydroxyl groups excluding tert-OH is 1. The average molecular weight is 306 g/mol. The monoisotopic (exact) mass is 306 g/mol. The van der Waals surface area contributed by atoms with E-state index in [1.807, 2.05) is 12.1 Å². The average Bonchev–Trinajstić information content (AvgIpc) is 2.97. The number of hydrogen-bond acceptors (Lipinski definition) is 4. The number of nitrogens with zero attached hydrogens (tertiary/aromatic N) is 1. The van der Waals surface area contributed by atoms with Crippen molar-refractivity contribution in [1.82, 2.24) is 10.2 Å².